The molecule has 9 aromatic rings. The van der Waals surface area contributed by atoms with Crippen LogP contribution in [0.25, 0.3) is 113 Å². The van der Waals surface area contributed by atoms with Crippen molar-refractivity contribution in [1.82, 2.24) is 29.9 Å². The number of fused-ring (bicyclic) bond motifs is 12. The molecule has 8 bridgehead atoms. The van der Waals surface area contributed by atoms with E-state index in [-0.39, 0.29) is 21.7 Å². The van der Waals surface area contributed by atoms with Crippen molar-refractivity contribution < 1.29 is 0 Å². The fraction of sp³-hybridized carbons (Fsp3) is 0.242. The SMILES string of the molecule is CC(C)(C)c1ccc(-c2c3nc(c(-c4ccc(C(C)(C)C)cc4)c4ccc([nH]4)c(-c4ccc(C(C)(C)C)cc4)c4nc(c(-c5ccc(C(C)(C)C)cc5)c5ccc2[nH]5)-c2nc5c(Br)ccc(Br)c5nc2-4)C=C3)cc1. The third-order valence-corrected chi connectivity index (χ3v) is 15.9. The molecule has 0 saturated heterocycles. The maximum Gasteiger partial charge on any atom is 0.118 e. The van der Waals surface area contributed by atoms with Gasteiger partial charge in [-0.1, -0.05) is 180 Å². The molecule has 2 aliphatic rings. The van der Waals surface area contributed by atoms with Gasteiger partial charge in [-0.3, -0.25) is 0 Å². The minimum absolute atomic E-state index is 0.01000. The maximum atomic E-state index is 5.86. The van der Waals surface area contributed by atoms with Crippen LogP contribution in [-0.2, 0) is 21.7 Å². The lowest BCUT2D eigenvalue weighted by Gasteiger charge is -2.19. The summed E-state index contributed by atoms with van der Waals surface area (Å²) in [5.74, 6) is 0. The number of hydrogen-bond acceptors (Lipinski definition) is 4. The smallest absolute Gasteiger partial charge is 0.118 e. The molecular formula is C66H62Br2N6. The van der Waals surface area contributed by atoms with Crippen molar-refractivity contribution in [3.05, 3.63) is 176 Å². The van der Waals surface area contributed by atoms with Gasteiger partial charge in [-0.15, -0.1) is 0 Å². The molecule has 6 heterocycles. The molecule has 0 unspecified atom stereocenters. The van der Waals surface area contributed by atoms with Crippen LogP contribution in [0.2, 0.25) is 0 Å². The van der Waals surface area contributed by atoms with Crippen LogP contribution in [0.4, 0.5) is 0 Å². The number of aromatic amines is 2. The molecule has 6 nitrogen and oxygen atoms in total. The first-order chi connectivity index (χ1) is 35.0. The number of nitrogens with zero attached hydrogens (tertiary/aromatic N) is 4. The molecule has 0 saturated carbocycles. The van der Waals surface area contributed by atoms with E-state index in [1.54, 1.807) is 0 Å². The summed E-state index contributed by atoms with van der Waals surface area (Å²) in [6.45, 7) is 27.1. The van der Waals surface area contributed by atoms with Crippen molar-refractivity contribution in [2.45, 2.75) is 105 Å². The molecule has 370 valence electrons. The molecule has 0 atom stereocenters. The fourth-order valence-electron chi connectivity index (χ4n) is 10.3. The molecule has 0 radical (unpaired) electrons. The Morgan fingerprint density at radius 1 is 0.297 bits per heavy atom. The normalized spacial score (nSPS) is 12.9. The van der Waals surface area contributed by atoms with Gasteiger partial charge in [0.25, 0.3) is 0 Å². The molecule has 8 heteroatoms. The van der Waals surface area contributed by atoms with E-state index < -0.39 is 0 Å². The van der Waals surface area contributed by atoms with Crippen LogP contribution in [0.15, 0.2) is 142 Å². The number of rotatable bonds is 4. The van der Waals surface area contributed by atoms with E-state index in [0.717, 1.165) is 109 Å². The minimum Gasteiger partial charge on any atom is -0.354 e. The summed E-state index contributed by atoms with van der Waals surface area (Å²) in [6.07, 6.45) is 4.35. The lowest BCUT2D eigenvalue weighted by molar-refractivity contribution is 0.590. The van der Waals surface area contributed by atoms with Gasteiger partial charge in [0, 0.05) is 53.3 Å². The van der Waals surface area contributed by atoms with E-state index in [9.17, 15) is 0 Å². The monoisotopic (exact) mass is 1100 g/mol. The highest BCUT2D eigenvalue weighted by molar-refractivity contribution is 9.11. The standard InChI is InChI=1S/C66H62Br2N6/c1-63(2,3)41-21-13-37(14-22-41)53-47-31-32-48(69-47)54(38-15-23-42(24-16-38)64(4,5)6)50-34-36-52(71-50)56(40-19-27-44(28-20-40)66(10,11)12)60-62-61(72-57-45(67)29-30-46(68)58(57)73-62)59(74-60)55(51-35-33-49(53)70-51)39-17-25-43(26-18-39)65(7,8)9/h13-36,70-71H,1-12H3. The number of H-pyrrole nitrogens is 2. The minimum atomic E-state index is -0.0436. The first-order valence-corrected chi connectivity index (χ1v) is 27.2. The Balaban J connectivity index is 1.35. The van der Waals surface area contributed by atoms with Crippen LogP contribution < -0.4 is 0 Å². The first kappa shape index (κ1) is 49.5. The van der Waals surface area contributed by atoms with Gasteiger partial charge >= 0.3 is 0 Å². The van der Waals surface area contributed by atoms with Gasteiger partial charge in [0.1, 0.15) is 33.8 Å². The van der Waals surface area contributed by atoms with Crippen LogP contribution in [0, 0.1) is 0 Å². The summed E-state index contributed by atoms with van der Waals surface area (Å²) in [6, 6.07) is 48.7. The third kappa shape index (κ3) is 8.98. The van der Waals surface area contributed by atoms with Crippen molar-refractivity contribution in [2.75, 3.05) is 0 Å². The average molecular weight is 1100 g/mol. The van der Waals surface area contributed by atoms with Gasteiger partial charge in [0.15, 0.2) is 0 Å². The second-order valence-electron chi connectivity index (χ2n) is 24.1. The molecule has 2 aliphatic heterocycles. The van der Waals surface area contributed by atoms with Crippen molar-refractivity contribution in [2.24, 2.45) is 0 Å². The number of nitrogens with one attached hydrogen (secondary N) is 2. The van der Waals surface area contributed by atoms with E-state index in [1.165, 1.54) is 22.3 Å². The Kier molecular flexibility index (Phi) is 12.0. The lowest BCUT2D eigenvalue weighted by Crippen LogP contribution is -2.10. The summed E-state index contributed by atoms with van der Waals surface area (Å²) < 4.78 is 1.70. The zero-order valence-electron chi connectivity index (χ0n) is 44.4. The van der Waals surface area contributed by atoms with Gasteiger partial charge in [0.05, 0.1) is 11.4 Å². The van der Waals surface area contributed by atoms with Crippen molar-refractivity contribution in [1.29, 1.82) is 0 Å². The summed E-state index contributed by atoms with van der Waals surface area (Å²) >= 11 is 7.74. The molecule has 11 rings (SSSR count). The Labute approximate surface area is 452 Å². The highest BCUT2D eigenvalue weighted by Gasteiger charge is 2.30. The van der Waals surface area contributed by atoms with Gasteiger partial charge in [-0.2, -0.15) is 0 Å². The van der Waals surface area contributed by atoms with E-state index in [4.69, 9.17) is 19.9 Å². The van der Waals surface area contributed by atoms with Crippen molar-refractivity contribution >= 4 is 77.1 Å². The zero-order chi connectivity index (χ0) is 52.2. The number of halogens is 2. The Morgan fingerprint density at radius 3 is 0.851 bits per heavy atom. The molecule has 0 spiro atoms. The molecule has 2 N–H and O–H groups in total. The quantitative estimate of drug-likeness (QED) is 0.184. The van der Waals surface area contributed by atoms with E-state index >= 15 is 0 Å². The first-order valence-electron chi connectivity index (χ1n) is 25.6. The Morgan fingerprint density at radius 2 is 0.568 bits per heavy atom. The fourth-order valence-corrected chi connectivity index (χ4v) is 11.1. The Hall–Kier alpha value is -6.74. The van der Waals surface area contributed by atoms with Gasteiger partial charge in [-0.25, -0.2) is 19.9 Å². The second kappa shape index (κ2) is 18.0. The highest BCUT2D eigenvalue weighted by atomic mass is 79.9. The maximum absolute atomic E-state index is 5.86. The predicted octanol–water partition coefficient (Wildman–Crippen LogP) is 19.1. The zero-order valence-corrected chi connectivity index (χ0v) is 47.6. The summed E-state index contributed by atoms with van der Waals surface area (Å²) in [5.41, 5.74) is 22.7. The van der Waals surface area contributed by atoms with E-state index in [2.05, 4.69) is 258 Å². The molecule has 5 aromatic carbocycles. The topological polar surface area (TPSA) is 83.1 Å². The number of benzene rings is 5. The average Bonchev–Trinajstić information content (AvgIpc) is 4.20. The van der Waals surface area contributed by atoms with Crippen LogP contribution in [0.1, 0.15) is 117 Å². The molecule has 0 amide bonds. The number of aromatic nitrogens is 6. The van der Waals surface area contributed by atoms with E-state index in [0.29, 0.717) is 11.4 Å². The number of hydrogen-bond donors (Lipinski definition) is 2. The molecule has 4 aromatic heterocycles. The lowest BCUT2D eigenvalue weighted by atomic mass is 9.86. The molecule has 74 heavy (non-hydrogen) atoms. The Bertz CT molecular complexity index is 3650. The van der Waals surface area contributed by atoms with Crippen LogP contribution in [0.3, 0.4) is 0 Å². The van der Waals surface area contributed by atoms with Crippen LogP contribution in [-0.4, -0.2) is 29.9 Å². The molecule has 0 aliphatic carbocycles. The van der Waals surface area contributed by atoms with Crippen molar-refractivity contribution in [3.8, 4) is 67.3 Å². The largest absolute Gasteiger partial charge is 0.354 e. The summed E-state index contributed by atoms with van der Waals surface area (Å²) in [5, 5.41) is 0. The van der Waals surface area contributed by atoms with Crippen molar-refractivity contribution in [3.63, 3.8) is 0 Å². The van der Waals surface area contributed by atoms with E-state index in [1.807, 2.05) is 12.1 Å². The molecular weight excluding hydrogens is 1040 g/mol. The van der Waals surface area contributed by atoms with Gasteiger partial charge in [-0.05, 0) is 147 Å². The highest BCUT2D eigenvalue weighted by Crippen LogP contribution is 2.48. The van der Waals surface area contributed by atoms with Gasteiger partial charge < -0.3 is 9.97 Å². The molecule has 0 fully saturated rings. The van der Waals surface area contributed by atoms with Gasteiger partial charge in [0.2, 0.25) is 0 Å². The third-order valence-electron chi connectivity index (χ3n) is 14.6. The summed E-state index contributed by atoms with van der Waals surface area (Å²) in [7, 11) is 0. The van der Waals surface area contributed by atoms with Crippen LogP contribution >= 0.6 is 31.9 Å². The summed E-state index contributed by atoms with van der Waals surface area (Å²) in [4.78, 5) is 30.6. The van der Waals surface area contributed by atoms with Crippen LogP contribution in [0.5, 0.6) is 0 Å². The predicted molar refractivity (Wildman–Crippen MR) is 319 cm³/mol. The second-order valence-corrected chi connectivity index (χ2v) is 25.8.